The second kappa shape index (κ2) is 3.67. The second-order valence-electron chi connectivity index (χ2n) is 4.17. The summed E-state index contributed by atoms with van der Waals surface area (Å²) in [6.07, 6.45) is 1.80. The van der Waals surface area contributed by atoms with Crippen molar-refractivity contribution in [3.05, 3.63) is 35.4 Å². The standard InChI is InChI=1S/C13H15NO/c1-10-7-8-13(9-14,15-2)12-6-4-3-5-11(10)12/h3-6,10H,7-8H2,1-2H3. The lowest BCUT2D eigenvalue weighted by molar-refractivity contribution is 0.0186. The molecule has 2 unspecified atom stereocenters. The number of benzene rings is 1. The fraction of sp³-hybridized carbons (Fsp3) is 0.462. The fourth-order valence-electron chi connectivity index (χ4n) is 2.38. The molecule has 0 saturated carbocycles. The Labute approximate surface area is 90.5 Å². The zero-order chi connectivity index (χ0) is 10.9. The molecule has 2 atom stereocenters. The summed E-state index contributed by atoms with van der Waals surface area (Å²) in [4.78, 5) is 0. The van der Waals surface area contributed by atoms with E-state index in [4.69, 9.17) is 4.74 Å². The van der Waals surface area contributed by atoms with Gasteiger partial charge in [-0.1, -0.05) is 31.2 Å². The Kier molecular flexibility index (Phi) is 2.50. The molecular formula is C13H15NO. The van der Waals surface area contributed by atoms with Gasteiger partial charge in [0, 0.05) is 12.7 Å². The molecule has 1 aromatic rings. The number of fused-ring (bicyclic) bond motifs is 1. The smallest absolute Gasteiger partial charge is 0.179 e. The van der Waals surface area contributed by atoms with Crippen molar-refractivity contribution in [2.75, 3.05) is 7.11 Å². The summed E-state index contributed by atoms with van der Waals surface area (Å²) >= 11 is 0. The van der Waals surface area contributed by atoms with E-state index in [9.17, 15) is 5.26 Å². The van der Waals surface area contributed by atoms with Crippen molar-refractivity contribution in [3.8, 4) is 6.07 Å². The molecule has 78 valence electrons. The van der Waals surface area contributed by atoms with Crippen molar-refractivity contribution in [2.45, 2.75) is 31.3 Å². The van der Waals surface area contributed by atoms with Crippen LogP contribution in [0.4, 0.5) is 0 Å². The summed E-state index contributed by atoms with van der Waals surface area (Å²) in [5, 5.41) is 9.30. The Bertz CT molecular complexity index is 407. The maximum Gasteiger partial charge on any atom is 0.179 e. The first-order valence-corrected chi connectivity index (χ1v) is 5.29. The van der Waals surface area contributed by atoms with Gasteiger partial charge in [-0.25, -0.2) is 0 Å². The van der Waals surface area contributed by atoms with E-state index in [0.29, 0.717) is 5.92 Å². The van der Waals surface area contributed by atoms with Crippen LogP contribution in [0, 0.1) is 11.3 Å². The van der Waals surface area contributed by atoms with Crippen LogP contribution in [0.1, 0.15) is 36.8 Å². The lowest BCUT2D eigenvalue weighted by Crippen LogP contribution is -2.32. The normalized spacial score (nSPS) is 29.3. The molecule has 1 aromatic carbocycles. The van der Waals surface area contributed by atoms with Crippen molar-refractivity contribution < 1.29 is 4.74 Å². The average Bonchev–Trinajstić information content (AvgIpc) is 2.31. The third kappa shape index (κ3) is 1.44. The summed E-state index contributed by atoms with van der Waals surface area (Å²) in [6.45, 7) is 2.20. The van der Waals surface area contributed by atoms with Gasteiger partial charge in [-0.05, 0) is 24.3 Å². The molecule has 2 heteroatoms. The average molecular weight is 201 g/mol. The molecule has 0 spiro atoms. The van der Waals surface area contributed by atoms with Gasteiger partial charge < -0.3 is 4.74 Å². The van der Waals surface area contributed by atoms with E-state index in [1.807, 2.05) is 18.2 Å². The number of rotatable bonds is 1. The lowest BCUT2D eigenvalue weighted by Gasteiger charge is -2.34. The highest BCUT2D eigenvalue weighted by atomic mass is 16.5. The number of nitriles is 1. The van der Waals surface area contributed by atoms with Crippen molar-refractivity contribution >= 4 is 0 Å². The van der Waals surface area contributed by atoms with Crippen LogP contribution >= 0.6 is 0 Å². The third-order valence-corrected chi connectivity index (χ3v) is 3.39. The molecule has 0 bridgehead atoms. The molecule has 0 amide bonds. The predicted molar refractivity (Wildman–Crippen MR) is 58.4 cm³/mol. The summed E-state index contributed by atoms with van der Waals surface area (Å²) in [6, 6.07) is 10.4. The molecule has 1 aliphatic rings. The topological polar surface area (TPSA) is 33.0 Å². The van der Waals surface area contributed by atoms with Crippen molar-refractivity contribution in [3.63, 3.8) is 0 Å². The zero-order valence-corrected chi connectivity index (χ0v) is 9.16. The largest absolute Gasteiger partial charge is 0.359 e. The van der Waals surface area contributed by atoms with Gasteiger partial charge in [-0.2, -0.15) is 5.26 Å². The molecule has 0 aliphatic heterocycles. The minimum Gasteiger partial charge on any atom is -0.359 e. The highest BCUT2D eigenvalue weighted by Crippen LogP contribution is 2.42. The molecule has 0 heterocycles. The molecule has 0 aromatic heterocycles. The molecule has 0 radical (unpaired) electrons. The van der Waals surface area contributed by atoms with E-state index in [2.05, 4.69) is 19.1 Å². The Morgan fingerprint density at radius 3 is 2.87 bits per heavy atom. The van der Waals surface area contributed by atoms with Crippen LogP contribution in [-0.2, 0) is 10.3 Å². The van der Waals surface area contributed by atoms with Gasteiger partial charge in [0.05, 0.1) is 0 Å². The minimum atomic E-state index is -0.719. The van der Waals surface area contributed by atoms with Gasteiger partial charge in [0.2, 0.25) is 0 Å². The second-order valence-corrected chi connectivity index (χ2v) is 4.17. The first kappa shape index (κ1) is 10.2. The van der Waals surface area contributed by atoms with Crippen LogP contribution in [0.5, 0.6) is 0 Å². The molecule has 0 N–H and O–H groups in total. The maximum absolute atomic E-state index is 9.30. The highest BCUT2D eigenvalue weighted by molar-refractivity contribution is 5.41. The van der Waals surface area contributed by atoms with Gasteiger partial charge in [-0.3, -0.25) is 0 Å². The van der Waals surface area contributed by atoms with Crippen molar-refractivity contribution in [1.29, 1.82) is 5.26 Å². The van der Waals surface area contributed by atoms with Crippen LogP contribution in [0.2, 0.25) is 0 Å². The van der Waals surface area contributed by atoms with Crippen LogP contribution in [0.3, 0.4) is 0 Å². The van der Waals surface area contributed by atoms with Gasteiger partial charge >= 0.3 is 0 Å². The number of methoxy groups -OCH3 is 1. The predicted octanol–water partition coefficient (Wildman–Crippen LogP) is 2.95. The Morgan fingerprint density at radius 2 is 2.20 bits per heavy atom. The fourth-order valence-corrected chi connectivity index (χ4v) is 2.38. The number of ether oxygens (including phenoxy) is 1. The summed E-state index contributed by atoms with van der Waals surface area (Å²) in [7, 11) is 1.62. The van der Waals surface area contributed by atoms with E-state index < -0.39 is 5.60 Å². The van der Waals surface area contributed by atoms with E-state index in [-0.39, 0.29) is 0 Å². The van der Waals surface area contributed by atoms with Gasteiger partial charge in [0.15, 0.2) is 5.60 Å². The Balaban J connectivity index is 2.59. The summed E-state index contributed by atoms with van der Waals surface area (Å²) in [5.74, 6) is 0.526. The third-order valence-electron chi connectivity index (χ3n) is 3.39. The van der Waals surface area contributed by atoms with E-state index in [0.717, 1.165) is 18.4 Å². The monoisotopic (exact) mass is 201 g/mol. The first-order valence-electron chi connectivity index (χ1n) is 5.29. The van der Waals surface area contributed by atoms with Crippen molar-refractivity contribution in [2.24, 2.45) is 0 Å². The quantitative estimate of drug-likeness (QED) is 0.699. The molecule has 15 heavy (non-hydrogen) atoms. The van der Waals surface area contributed by atoms with Crippen LogP contribution < -0.4 is 0 Å². The van der Waals surface area contributed by atoms with E-state index in [1.165, 1.54) is 5.56 Å². The first-order chi connectivity index (χ1) is 7.23. The number of hydrogen-bond acceptors (Lipinski definition) is 2. The summed E-state index contributed by atoms with van der Waals surface area (Å²) in [5.41, 5.74) is 1.59. The lowest BCUT2D eigenvalue weighted by atomic mass is 9.75. The van der Waals surface area contributed by atoms with Gasteiger partial charge in [0.25, 0.3) is 0 Å². The Morgan fingerprint density at radius 1 is 1.47 bits per heavy atom. The number of hydrogen-bond donors (Lipinski definition) is 0. The van der Waals surface area contributed by atoms with Crippen molar-refractivity contribution in [1.82, 2.24) is 0 Å². The number of nitrogens with zero attached hydrogens (tertiary/aromatic N) is 1. The SMILES string of the molecule is COC1(C#N)CCC(C)c2ccccc21. The Hall–Kier alpha value is -1.33. The molecular weight excluding hydrogens is 186 g/mol. The van der Waals surface area contributed by atoms with Gasteiger partial charge in [-0.15, -0.1) is 0 Å². The summed E-state index contributed by atoms with van der Waals surface area (Å²) < 4.78 is 5.44. The molecule has 2 nitrogen and oxygen atoms in total. The molecule has 2 rings (SSSR count). The van der Waals surface area contributed by atoms with Crippen LogP contribution in [-0.4, -0.2) is 7.11 Å². The molecule has 0 fully saturated rings. The van der Waals surface area contributed by atoms with E-state index >= 15 is 0 Å². The minimum absolute atomic E-state index is 0.526. The maximum atomic E-state index is 9.30. The molecule has 1 aliphatic carbocycles. The molecule has 0 saturated heterocycles. The highest BCUT2D eigenvalue weighted by Gasteiger charge is 2.38. The van der Waals surface area contributed by atoms with E-state index in [1.54, 1.807) is 7.11 Å². The van der Waals surface area contributed by atoms with Crippen LogP contribution in [0.15, 0.2) is 24.3 Å². The zero-order valence-electron chi connectivity index (χ0n) is 9.16. The van der Waals surface area contributed by atoms with Crippen LogP contribution in [0.25, 0.3) is 0 Å². The van der Waals surface area contributed by atoms with Gasteiger partial charge in [0.1, 0.15) is 6.07 Å².